The standard InChI is InChI=1S/C19H21N5OS/c25-18(11-16-4-2-8-26-16)24-7-1-3-14(12-24)9-15-10-17(23-13-22-15)19-20-5-6-21-19/h2,4-6,8,10,13-14H,1,3,7,9,11-12H2,(H,20,21)/t14-/m0/s1. The van der Waals surface area contributed by atoms with Crippen molar-refractivity contribution in [1.29, 1.82) is 0 Å². The zero-order chi connectivity index (χ0) is 17.8. The quantitative estimate of drug-likeness (QED) is 0.752. The maximum absolute atomic E-state index is 12.6. The summed E-state index contributed by atoms with van der Waals surface area (Å²) in [6.45, 7) is 1.67. The number of nitrogens with one attached hydrogen (secondary N) is 1. The van der Waals surface area contributed by atoms with E-state index in [9.17, 15) is 4.79 Å². The van der Waals surface area contributed by atoms with Crippen molar-refractivity contribution in [2.24, 2.45) is 5.92 Å². The zero-order valence-electron chi connectivity index (χ0n) is 14.5. The number of H-pyrrole nitrogens is 1. The summed E-state index contributed by atoms with van der Waals surface area (Å²) in [5.41, 5.74) is 1.81. The van der Waals surface area contributed by atoms with E-state index in [1.165, 1.54) is 0 Å². The summed E-state index contributed by atoms with van der Waals surface area (Å²) in [5.74, 6) is 1.43. The Hall–Kier alpha value is -2.54. The third-order valence-electron chi connectivity index (χ3n) is 4.74. The normalized spacial score (nSPS) is 17.4. The lowest BCUT2D eigenvalue weighted by Gasteiger charge is -2.32. The summed E-state index contributed by atoms with van der Waals surface area (Å²) in [6.07, 6.45) is 8.65. The minimum atomic E-state index is 0.233. The van der Waals surface area contributed by atoms with Crippen molar-refractivity contribution in [1.82, 2.24) is 24.8 Å². The number of thiophene rings is 1. The molecule has 0 spiro atoms. The number of hydrogen-bond acceptors (Lipinski definition) is 5. The molecule has 0 aromatic carbocycles. The summed E-state index contributed by atoms with van der Waals surface area (Å²) in [6, 6.07) is 6.02. The molecule has 0 aliphatic carbocycles. The van der Waals surface area contributed by atoms with Gasteiger partial charge in [-0.05, 0) is 42.7 Å². The summed E-state index contributed by atoms with van der Waals surface area (Å²) < 4.78 is 0. The molecule has 3 aromatic heterocycles. The van der Waals surface area contributed by atoms with Crippen molar-refractivity contribution in [3.8, 4) is 11.5 Å². The zero-order valence-corrected chi connectivity index (χ0v) is 15.3. The van der Waals surface area contributed by atoms with Gasteiger partial charge in [0.2, 0.25) is 5.91 Å². The lowest BCUT2D eigenvalue weighted by atomic mass is 9.93. The number of carbonyl (C=O) groups is 1. The Morgan fingerprint density at radius 3 is 3.12 bits per heavy atom. The summed E-state index contributed by atoms with van der Waals surface area (Å²) in [7, 11) is 0. The second kappa shape index (κ2) is 7.78. The topological polar surface area (TPSA) is 74.8 Å². The fraction of sp³-hybridized carbons (Fsp3) is 0.368. The van der Waals surface area contributed by atoms with Crippen LogP contribution in [0.25, 0.3) is 11.5 Å². The Morgan fingerprint density at radius 1 is 1.35 bits per heavy atom. The highest BCUT2D eigenvalue weighted by Crippen LogP contribution is 2.22. The van der Waals surface area contributed by atoms with Gasteiger partial charge in [0.25, 0.3) is 0 Å². The van der Waals surface area contributed by atoms with Gasteiger partial charge in [-0.15, -0.1) is 11.3 Å². The highest BCUT2D eigenvalue weighted by atomic mass is 32.1. The smallest absolute Gasteiger partial charge is 0.227 e. The molecule has 134 valence electrons. The van der Waals surface area contributed by atoms with Crippen LogP contribution in [0.15, 0.2) is 42.3 Å². The highest BCUT2D eigenvalue weighted by molar-refractivity contribution is 7.10. The van der Waals surface area contributed by atoms with Crippen LogP contribution in [0.4, 0.5) is 0 Å². The van der Waals surface area contributed by atoms with Gasteiger partial charge in [0.15, 0.2) is 5.82 Å². The number of aromatic nitrogens is 4. The third-order valence-corrected chi connectivity index (χ3v) is 5.62. The lowest BCUT2D eigenvalue weighted by Crippen LogP contribution is -2.41. The van der Waals surface area contributed by atoms with Crippen LogP contribution in [0.2, 0.25) is 0 Å². The van der Waals surface area contributed by atoms with E-state index in [4.69, 9.17) is 0 Å². The number of likely N-dealkylation sites (tertiary alicyclic amines) is 1. The van der Waals surface area contributed by atoms with Crippen molar-refractivity contribution in [2.75, 3.05) is 13.1 Å². The van der Waals surface area contributed by atoms with E-state index < -0.39 is 0 Å². The Morgan fingerprint density at radius 2 is 2.31 bits per heavy atom. The molecule has 26 heavy (non-hydrogen) atoms. The van der Waals surface area contributed by atoms with Gasteiger partial charge >= 0.3 is 0 Å². The first-order valence-electron chi connectivity index (χ1n) is 8.89. The summed E-state index contributed by atoms with van der Waals surface area (Å²) >= 11 is 1.65. The average Bonchev–Trinajstić information content (AvgIpc) is 3.36. The molecule has 1 fully saturated rings. The number of hydrogen-bond donors (Lipinski definition) is 1. The van der Waals surface area contributed by atoms with E-state index in [1.54, 1.807) is 30.1 Å². The van der Waals surface area contributed by atoms with Gasteiger partial charge in [0, 0.05) is 36.1 Å². The van der Waals surface area contributed by atoms with Crippen LogP contribution in [-0.4, -0.2) is 43.8 Å². The van der Waals surface area contributed by atoms with Gasteiger partial charge in [0.05, 0.1) is 6.42 Å². The van der Waals surface area contributed by atoms with Crippen LogP contribution in [0.1, 0.15) is 23.4 Å². The predicted molar refractivity (Wildman–Crippen MR) is 101 cm³/mol. The molecule has 0 saturated carbocycles. The monoisotopic (exact) mass is 367 g/mol. The number of piperidine rings is 1. The van der Waals surface area contributed by atoms with Gasteiger partial charge in [-0.3, -0.25) is 4.79 Å². The molecule has 1 atom stereocenters. The fourth-order valence-corrected chi connectivity index (χ4v) is 4.17. The van der Waals surface area contributed by atoms with Crippen LogP contribution in [0, 0.1) is 5.92 Å². The van der Waals surface area contributed by atoms with Crippen LogP contribution >= 0.6 is 11.3 Å². The van der Waals surface area contributed by atoms with Crippen molar-refractivity contribution in [3.05, 3.63) is 52.9 Å². The largest absolute Gasteiger partial charge is 0.343 e. The first kappa shape index (κ1) is 16.9. The van der Waals surface area contributed by atoms with E-state index in [0.717, 1.165) is 54.4 Å². The van der Waals surface area contributed by atoms with E-state index in [0.29, 0.717) is 12.3 Å². The Bertz CT molecular complexity index is 847. The Labute approximate surface area is 156 Å². The molecule has 3 aromatic rings. The van der Waals surface area contributed by atoms with E-state index >= 15 is 0 Å². The van der Waals surface area contributed by atoms with Gasteiger partial charge in [-0.2, -0.15) is 0 Å². The van der Waals surface area contributed by atoms with Crippen LogP contribution in [0.5, 0.6) is 0 Å². The van der Waals surface area contributed by atoms with Gasteiger partial charge in [-0.25, -0.2) is 15.0 Å². The molecular formula is C19H21N5OS. The van der Waals surface area contributed by atoms with Gasteiger partial charge in [-0.1, -0.05) is 6.07 Å². The average molecular weight is 367 g/mol. The number of imidazole rings is 1. The van der Waals surface area contributed by atoms with Crippen LogP contribution in [0.3, 0.4) is 0 Å². The first-order chi connectivity index (χ1) is 12.8. The number of amides is 1. The van der Waals surface area contributed by atoms with E-state index in [-0.39, 0.29) is 5.91 Å². The molecule has 1 N–H and O–H groups in total. The summed E-state index contributed by atoms with van der Waals surface area (Å²) in [5, 5.41) is 2.02. The highest BCUT2D eigenvalue weighted by Gasteiger charge is 2.24. The number of nitrogens with zero attached hydrogens (tertiary/aromatic N) is 4. The molecule has 0 bridgehead atoms. The molecular weight excluding hydrogens is 346 g/mol. The molecule has 0 radical (unpaired) electrons. The Kier molecular flexibility index (Phi) is 5.06. The van der Waals surface area contributed by atoms with Crippen molar-refractivity contribution >= 4 is 17.2 Å². The van der Waals surface area contributed by atoms with Gasteiger partial charge < -0.3 is 9.88 Å². The van der Waals surface area contributed by atoms with E-state index in [2.05, 4.69) is 19.9 Å². The molecule has 7 heteroatoms. The van der Waals surface area contributed by atoms with Crippen molar-refractivity contribution < 1.29 is 4.79 Å². The molecule has 1 aliphatic heterocycles. The SMILES string of the molecule is O=C(Cc1cccs1)N1CCC[C@@H](Cc2cc(-c3ncc[nH]3)ncn2)C1. The number of aromatic amines is 1. The first-order valence-corrected chi connectivity index (χ1v) is 9.77. The summed E-state index contributed by atoms with van der Waals surface area (Å²) in [4.78, 5) is 31.8. The van der Waals surface area contributed by atoms with Crippen LogP contribution < -0.4 is 0 Å². The molecule has 4 rings (SSSR count). The predicted octanol–water partition coefficient (Wildman–Crippen LogP) is 2.95. The lowest BCUT2D eigenvalue weighted by molar-refractivity contribution is -0.132. The molecule has 1 amide bonds. The second-order valence-electron chi connectivity index (χ2n) is 6.64. The van der Waals surface area contributed by atoms with Crippen molar-refractivity contribution in [3.63, 3.8) is 0 Å². The minimum Gasteiger partial charge on any atom is -0.343 e. The molecule has 1 saturated heterocycles. The maximum Gasteiger partial charge on any atom is 0.227 e. The molecule has 4 heterocycles. The number of rotatable bonds is 5. The van der Waals surface area contributed by atoms with Crippen LogP contribution in [-0.2, 0) is 17.6 Å². The van der Waals surface area contributed by atoms with Crippen molar-refractivity contribution in [2.45, 2.75) is 25.7 Å². The second-order valence-corrected chi connectivity index (χ2v) is 7.67. The maximum atomic E-state index is 12.6. The van der Waals surface area contributed by atoms with E-state index in [1.807, 2.05) is 28.5 Å². The molecule has 6 nitrogen and oxygen atoms in total. The molecule has 0 unspecified atom stereocenters. The minimum absolute atomic E-state index is 0.233. The molecule has 1 aliphatic rings. The Balaban J connectivity index is 1.39. The fourth-order valence-electron chi connectivity index (χ4n) is 3.47. The van der Waals surface area contributed by atoms with Gasteiger partial charge in [0.1, 0.15) is 12.0 Å². The third kappa shape index (κ3) is 3.99. The number of carbonyl (C=O) groups excluding carboxylic acids is 1.